The molecule has 0 N–H and O–H groups in total. The van der Waals surface area contributed by atoms with Gasteiger partial charge in [-0.3, -0.25) is 9.59 Å². The Bertz CT molecular complexity index is 1030. The van der Waals surface area contributed by atoms with Gasteiger partial charge >= 0.3 is 0 Å². The highest BCUT2D eigenvalue weighted by Gasteiger charge is 2.22. The Morgan fingerprint density at radius 3 is 2.63 bits per heavy atom. The van der Waals surface area contributed by atoms with Crippen molar-refractivity contribution in [1.29, 1.82) is 0 Å². The minimum absolute atomic E-state index is 0.103. The van der Waals surface area contributed by atoms with E-state index in [4.69, 9.17) is 4.42 Å². The number of carbonyl (C=O) groups excluding carboxylic acids is 1. The zero-order valence-corrected chi connectivity index (χ0v) is 14.9. The first-order chi connectivity index (χ1) is 12.9. The van der Waals surface area contributed by atoms with Crippen LogP contribution in [-0.4, -0.2) is 22.4 Å². The molecule has 0 saturated heterocycles. The third-order valence-electron chi connectivity index (χ3n) is 4.42. The molecule has 0 aliphatic rings. The van der Waals surface area contributed by atoms with Crippen molar-refractivity contribution in [2.24, 2.45) is 0 Å². The number of aromatic nitrogens is 1. The van der Waals surface area contributed by atoms with Crippen molar-refractivity contribution >= 4 is 5.91 Å². The van der Waals surface area contributed by atoms with Crippen molar-refractivity contribution in [3.05, 3.63) is 93.8 Å². The lowest BCUT2D eigenvalue weighted by molar-refractivity contribution is 0.0708. The van der Waals surface area contributed by atoms with Crippen LogP contribution in [0.4, 0.5) is 8.78 Å². The van der Waals surface area contributed by atoms with Gasteiger partial charge in [-0.1, -0.05) is 12.1 Å². The average molecular weight is 372 g/mol. The third-order valence-corrected chi connectivity index (χ3v) is 4.42. The van der Waals surface area contributed by atoms with Crippen LogP contribution < -0.4 is 5.56 Å². The van der Waals surface area contributed by atoms with Crippen LogP contribution in [0.1, 0.15) is 34.8 Å². The molecule has 1 unspecified atom stereocenters. The number of rotatable bonds is 5. The predicted molar refractivity (Wildman–Crippen MR) is 95.4 cm³/mol. The first kappa shape index (κ1) is 18.6. The average Bonchev–Trinajstić information content (AvgIpc) is 3.12. The van der Waals surface area contributed by atoms with Gasteiger partial charge in [0, 0.05) is 19.3 Å². The Morgan fingerprint density at radius 1 is 1.15 bits per heavy atom. The second kappa shape index (κ2) is 7.57. The third kappa shape index (κ3) is 3.97. The van der Waals surface area contributed by atoms with E-state index < -0.39 is 23.6 Å². The van der Waals surface area contributed by atoms with Gasteiger partial charge < -0.3 is 13.9 Å². The Hall–Kier alpha value is -3.22. The van der Waals surface area contributed by atoms with Gasteiger partial charge in [-0.15, -0.1) is 0 Å². The van der Waals surface area contributed by atoms with E-state index >= 15 is 0 Å². The second-order valence-electron chi connectivity index (χ2n) is 6.20. The summed E-state index contributed by atoms with van der Waals surface area (Å²) < 4.78 is 33.6. The topological polar surface area (TPSA) is 55.5 Å². The SMILES string of the molecule is CC(c1ccc(F)c(F)c1)N(C)C(=O)c1ccc(Cn2ccccc2=O)o1. The van der Waals surface area contributed by atoms with Gasteiger partial charge in [-0.2, -0.15) is 0 Å². The van der Waals surface area contributed by atoms with Gasteiger partial charge in [0.2, 0.25) is 0 Å². The Balaban J connectivity index is 1.75. The summed E-state index contributed by atoms with van der Waals surface area (Å²) in [5, 5.41) is 0. The van der Waals surface area contributed by atoms with Crippen molar-refractivity contribution in [1.82, 2.24) is 9.47 Å². The van der Waals surface area contributed by atoms with Crippen molar-refractivity contribution < 1.29 is 18.0 Å². The fourth-order valence-electron chi connectivity index (χ4n) is 2.68. The number of furan rings is 1. The van der Waals surface area contributed by atoms with E-state index in [0.29, 0.717) is 11.3 Å². The first-order valence-corrected chi connectivity index (χ1v) is 8.33. The van der Waals surface area contributed by atoms with Crippen LogP contribution in [0.5, 0.6) is 0 Å². The van der Waals surface area contributed by atoms with Crippen LogP contribution in [0.3, 0.4) is 0 Å². The number of hydrogen-bond acceptors (Lipinski definition) is 3. The maximum Gasteiger partial charge on any atom is 0.289 e. The fourth-order valence-corrected chi connectivity index (χ4v) is 2.68. The fraction of sp³-hybridized carbons (Fsp3) is 0.200. The van der Waals surface area contributed by atoms with Gasteiger partial charge in [0.1, 0.15) is 5.76 Å². The van der Waals surface area contributed by atoms with Crippen molar-refractivity contribution in [3.8, 4) is 0 Å². The molecule has 1 aromatic carbocycles. The van der Waals surface area contributed by atoms with E-state index in [1.807, 2.05) is 0 Å². The van der Waals surface area contributed by atoms with E-state index in [1.165, 1.54) is 27.7 Å². The van der Waals surface area contributed by atoms with Crippen LogP contribution in [0.2, 0.25) is 0 Å². The van der Waals surface area contributed by atoms with E-state index in [1.54, 1.807) is 38.4 Å². The number of carbonyl (C=O) groups is 1. The van der Waals surface area contributed by atoms with E-state index in [2.05, 4.69) is 0 Å². The summed E-state index contributed by atoms with van der Waals surface area (Å²) in [4.78, 5) is 25.8. The molecular formula is C20H18F2N2O3. The molecule has 5 nitrogen and oxygen atoms in total. The number of hydrogen-bond donors (Lipinski definition) is 0. The molecule has 0 bridgehead atoms. The monoisotopic (exact) mass is 372 g/mol. The lowest BCUT2D eigenvalue weighted by Crippen LogP contribution is -2.29. The van der Waals surface area contributed by atoms with Crippen molar-refractivity contribution in [2.75, 3.05) is 7.05 Å². The van der Waals surface area contributed by atoms with Crippen LogP contribution in [0.25, 0.3) is 0 Å². The molecule has 0 saturated carbocycles. The molecule has 1 amide bonds. The van der Waals surface area contributed by atoms with E-state index in [-0.39, 0.29) is 17.9 Å². The molecular weight excluding hydrogens is 354 g/mol. The summed E-state index contributed by atoms with van der Waals surface area (Å²) in [5.41, 5.74) is 0.290. The Morgan fingerprint density at radius 2 is 1.93 bits per heavy atom. The normalized spacial score (nSPS) is 12.0. The zero-order valence-electron chi connectivity index (χ0n) is 14.9. The number of benzene rings is 1. The lowest BCUT2D eigenvalue weighted by Gasteiger charge is -2.24. The molecule has 1 atom stereocenters. The summed E-state index contributed by atoms with van der Waals surface area (Å²) in [5.74, 6) is -1.74. The minimum Gasteiger partial charge on any atom is -0.454 e. The predicted octanol–water partition coefficient (Wildman–Crippen LogP) is 3.60. The van der Waals surface area contributed by atoms with Crippen LogP contribution >= 0.6 is 0 Å². The maximum atomic E-state index is 13.4. The number of nitrogens with zero attached hydrogens (tertiary/aromatic N) is 2. The highest BCUT2D eigenvalue weighted by Crippen LogP contribution is 2.23. The Labute approximate surface area is 154 Å². The van der Waals surface area contributed by atoms with Gasteiger partial charge in [-0.05, 0) is 42.8 Å². The highest BCUT2D eigenvalue weighted by atomic mass is 19.2. The van der Waals surface area contributed by atoms with Crippen LogP contribution in [0, 0.1) is 11.6 Å². The lowest BCUT2D eigenvalue weighted by atomic mass is 10.1. The number of halogens is 2. The summed E-state index contributed by atoms with van der Waals surface area (Å²) in [6.07, 6.45) is 1.63. The van der Waals surface area contributed by atoms with E-state index in [9.17, 15) is 18.4 Å². The molecule has 2 heterocycles. The molecule has 0 aliphatic heterocycles. The number of amides is 1. The van der Waals surface area contributed by atoms with Gasteiger partial charge in [0.25, 0.3) is 11.5 Å². The van der Waals surface area contributed by atoms with Gasteiger partial charge in [0.15, 0.2) is 17.4 Å². The van der Waals surface area contributed by atoms with Crippen molar-refractivity contribution in [3.63, 3.8) is 0 Å². The molecule has 7 heteroatoms. The second-order valence-corrected chi connectivity index (χ2v) is 6.20. The quantitative estimate of drug-likeness (QED) is 0.688. The molecule has 27 heavy (non-hydrogen) atoms. The highest BCUT2D eigenvalue weighted by molar-refractivity contribution is 5.91. The molecule has 140 valence electrons. The van der Waals surface area contributed by atoms with Crippen LogP contribution in [0.15, 0.2) is 63.9 Å². The summed E-state index contributed by atoms with van der Waals surface area (Å²) in [6.45, 7) is 1.91. The zero-order chi connectivity index (χ0) is 19.6. The smallest absolute Gasteiger partial charge is 0.289 e. The molecule has 0 radical (unpaired) electrons. The number of pyridine rings is 1. The van der Waals surface area contributed by atoms with E-state index in [0.717, 1.165) is 12.1 Å². The summed E-state index contributed by atoms with van der Waals surface area (Å²) in [6, 6.07) is 11.0. The molecule has 0 fully saturated rings. The minimum atomic E-state index is -0.964. The first-order valence-electron chi connectivity index (χ1n) is 8.33. The molecule has 3 rings (SSSR count). The largest absolute Gasteiger partial charge is 0.454 e. The molecule has 0 spiro atoms. The molecule has 0 aliphatic carbocycles. The van der Waals surface area contributed by atoms with Gasteiger partial charge in [-0.25, -0.2) is 8.78 Å². The van der Waals surface area contributed by atoms with Crippen LogP contribution in [-0.2, 0) is 6.54 Å². The molecule has 2 aromatic heterocycles. The van der Waals surface area contributed by atoms with Gasteiger partial charge in [0.05, 0.1) is 12.6 Å². The molecule has 3 aromatic rings. The maximum absolute atomic E-state index is 13.4. The Kier molecular flexibility index (Phi) is 5.21. The summed E-state index contributed by atoms with van der Waals surface area (Å²) >= 11 is 0. The van der Waals surface area contributed by atoms with Crippen molar-refractivity contribution in [2.45, 2.75) is 19.5 Å². The summed E-state index contributed by atoms with van der Waals surface area (Å²) in [7, 11) is 1.55. The standard InChI is InChI=1S/C20H18F2N2O3/c1-13(14-6-8-16(21)17(22)11-14)23(2)20(26)18-9-7-15(27-18)12-24-10-4-3-5-19(24)25/h3-11,13H,12H2,1-2H3.